The van der Waals surface area contributed by atoms with Crippen molar-refractivity contribution < 1.29 is 13.2 Å². The summed E-state index contributed by atoms with van der Waals surface area (Å²) in [6.45, 7) is 1.88. The van der Waals surface area contributed by atoms with Crippen molar-refractivity contribution in [2.24, 2.45) is 11.7 Å². The number of rotatable bonds is 4. The summed E-state index contributed by atoms with van der Waals surface area (Å²) in [7, 11) is -1.35. The van der Waals surface area contributed by atoms with Crippen molar-refractivity contribution in [3.8, 4) is 0 Å². The van der Waals surface area contributed by atoms with E-state index in [1.165, 1.54) is 10.6 Å². The maximum absolute atomic E-state index is 12.4. The first-order valence-corrected chi connectivity index (χ1v) is 13.2. The monoisotopic (exact) mass is 495 g/mol. The normalized spacial score (nSPS) is 24.8. The lowest BCUT2D eigenvalue weighted by Gasteiger charge is -2.37. The number of hydrogen-bond acceptors (Lipinski definition) is 4. The Hall–Kier alpha value is -1.64. The van der Waals surface area contributed by atoms with Crippen molar-refractivity contribution >= 4 is 39.1 Å². The molecule has 4 rings (SSSR count). The Labute approximate surface area is 199 Å². The molecular weight excluding hydrogens is 469 g/mol. The number of nitrogens with two attached hydrogens (primary N) is 1. The van der Waals surface area contributed by atoms with Crippen LogP contribution in [-0.4, -0.2) is 49.9 Å². The van der Waals surface area contributed by atoms with Crippen molar-refractivity contribution in [3.63, 3.8) is 0 Å². The van der Waals surface area contributed by atoms with Gasteiger partial charge in [-0.1, -0.05) is 47.5 Å². The molecule has 172 valence electrons. The Balaban J connectivity index is 1.68. The van der Waals surface area contributed by atoms with Gasteiger partial charge in [-0.15, -0.1) is 0 Å². The summed E-state index contributed by atoms with van der Waals surface area (Å²) in [6.07, 6.45) is 2.05. The minimum Gasteiger partial charge on any atom is -0.369 e. The molecule has 2 aliphatic rings. The summed E-state index contributed by atoms with van der Waals surface area (Å²) >= 11 is 12.8. The minimum absolute atomic E-state index is 0.102. The molecule has 3 atom stereocenters. The van der Waals surface area contributed by atoms with Crippen LogP contribution in [0, 0.1) is 5.92 Å². The third-order valence-corrected chi connectivity index (χ3v) is 8.44. The highest BCUT2D eigenvalue weighted by molar-refractivity contribution is 7.88. The molecule has 1 saturated heterocycles. The molecule has 9 heteroatoms. The molecule has 2 N–H and O–H groups in total. The average Bonchev–Trinajstić information content (AvgIpc) is 2.73. The summed E-state index contributed by atoms with van der Waals surface area (Å²) in [5.74, 6) is -0.610. The summed E-state index contributed by atoms with van der Waals surface area (Å²) in [5.41, 5.74) is 9.70. The summed E-state index contributed by atoms with van der Waals surface area (Å²) in [6, 6.07) is 11.3. The van der Waals surface area contributed by atoms with E-state index in [0.29, 0.717) is 22.9 Å². The zero-order chi connectivity index (χ0) is 23.2. The number of primary amides is 1. The van der Waals surface area contributed by atoms with Crippen molar-refractivity contribution in [1.82, 2.24) is 9.21 Å². The molecule has 2 aromatic rings. The number of carbonyl (C=O) groups excluding carboxylic acids is 1. The number of amides is 1. The second-order valence-electron chi connectivity index (χ2n) is 8.88. The van der Waals surface area contributed by atoms with Crippen LogP contribution in [0.25, 0.3) is 0 Å². The lowest BCUT2D eigenvalue weighted by atomic mass is 9.83. The number of halogens is 2. The van der Waals surface area contributed by atoms with E-state index in [4.69, 9.17) is 28.9 Å². The fourth-order valence-corrected chi connectivity index (χ4v) is 6.66. The van der Waals surface area contributed by atoms with Crippen LogP contribution in [0.3, 0.4) is 0 Å². The lowest BCUT2D eigenvalue weighted by molar-refractivity contribution is -0.123. The first-order chi connectivity index (χ1) is 15.0. The largest absolute Gasteiger partial charge is 0.369 e. The van der Waals surface area contributed by atoms with Crippen LogP contribution in [0.1, 0.15) is 47.1 Å². The van der Waals surface area contributed by atoms with E-state index in [0.717, 1.165) is 35.3 Å². The fraction of sp³-hybridized carbons (Fsp3) is 0.435. The van der Waals surface area contributed by atoms with Crippen LogP contribution in [0.4, 0.5) is 0 Å². The molecule has 6 nitrogen and oxygen atoms in total. The highest BCUT2D eigenvalue weighted by atomic mass is 35.5. The molecule has 1 fully saturated rings. The Kier molecular flexibility index (Phi) is 6.58. The first kappa shape index (κ1) is 23.5. The highest BCUT2D eigenvalue weighted by Gasteiger charge is 2.37. The van der Waals surface area contributed by atoms with Gasteiger partial charge in [0.05, 0.1) is 12.3 Å². The summed E-state index contributed by atoms with van der Waals surface area (Å²) < 4.78 is 26.2. The molecule has 2 aromatic carbocycles. The number of sulfonamides is 1. The maximum atomic E-state index is 12.4. The fourth-order valence-electron chi connectivity index (χ4n) is 4.98. The van der Waals surface area contributed by atoms with E-state index in [2.05, 4.69) is 11.9 Å². The number of benzene rings is 2. The lowest BCUT2D eigenvalue weighted by Crippen LogP contribution is -2.43. The molecular formula is C23H27Cl2N3O3S. The first-order valence-electron chi connectivity index (χ1n) is 10.6. The van der Waals surface area contributed by atoms with E-state index in [9.17, 15) is 13.2 Å². The summed E-state index contributed by atoms with van der Waals surface area (Å²) in [4.78, 5) is 14.0. The van der Waals surface area contributed by atoms with Crippen LogP contribution in [-0.2, 0) is 21.4 Å². The zero-order valence-corrected chi connectivity index (χ0v) is 20.4. The molecule has 0 bridgehead atoms. The van der Waals surface area contributed by atoms with Crippen LogP contribution >= 0.6 is 23.2 Å². The highest BCUT2D eigenvalue weighted by Crippen LogP contribution is 2.40. The molecule has 1 amide bonds. The van der Waals surface area contributed by atoms with Crippen LogP contribution in [0.2, 0.25) is 10.0 Å². The molecule has 32 heavy (non-hydrogen) atoms. The van der Waals surface area contributed by atoms with Gasteiger partial charge in [0.15, 0.2) is 0 Å². The van der Waals surface area contributed by atoms with Gasteiger partial charge in [-0.05, 0) is 54.3 Å². The van der Waals surface area contributed by atoms with Crippen molar-refractivity contribution in [2.75, 3.05) is 26.4 Å². The number of hydrogen-bond donors (Lipinski definition) is 1. The third kappa shape index (κ3) is 4.68. The predicted molar refractivity (Wildman–Crippen MR) is 127 cm³/mol. The van der Waals surface area contributed by atoms with E-state index < -0.39 is 16.1 Å². The number of carbonyl (C=O) groups is 1. The number of piperidine rings is 1. The number of fused-ring (bicyclic) bond motifs is 1. The maximum Gasteiger partial charge on any atom is 0.220 e. The van der Waals surface area contributed by atoms with E-state index >= 15 is 0 Å². The van der Waals surface area contributed by atoms with Gasteiger partial charge in [-0.2, -0.15) is 4.31 Å². The van der Waals surface area contributed by atoms with Gasteiger partial charge in [0.2, 0.25) is 15.9 Å². The van der Waals surface area contributed by atoms with Gasteiger partial charge in [0, 0.05) is 41.5 Å². The Morgan fingerprint density at radius 3 is 2.41 bits per heavy atom. The molecule has 0 spiro atoms. The topological polar surface area (TPSA) is 83.7 Å². The van der Waals surface area contributed by atoms with E-state index in [-0.39, 0.29) is 24.3 Å². The van der Waals surface area contributed by atoms with Crippen molar-refractivity contribution in [1.29, 1.82) is 0 Å². The minimum atomic E-state index is -3.41. The van der Waals surface area contributed by atoms with E-state index in [1.54, 1.807) is 6.07 Å². The predicted octanol–water partition coefficient (Wildman–Crippen LogP) is 3.77. The van der Waals surface area contributed by atoms with Gasteiger partial charge in [0.25, 0.3) is 0 Å². The third-order valence-electron chi connectivity index (χ3n) is 6.60. The van der Waals surface area contributed by atoms with Gasteiger partial charge in [0.1, 0.15) is 0 Å². The van der Waals surface area contributed by atoms with Crippen molar-refractivity contribution in [2.45, 2.75) is 31.3 Å². The van der Waals surface area contributed by atoms with Crippen LogP contribution in [0.5, 0.6) is 0 Å². The molecule has 2 heterocycles. The van der Waals surface area contributed by atoms with Gasteiger partial charge < -0.3 is 10.6 Å². The second-order valence-corrected chi connectivity index (χ2v) is 11.7. The van der Waals surface area contributed by atoms with Gasteiger partial charge in [-0.3, -0.25) is 4.79 Å². The van der Waals surface area contributed by atoms with Crippen LogP contribution < -0.4 is 5.73 Å². The SMILES string of the molecule is CN1Cc2c(Cl)cc(Cl)cc2C(c2ccc(C3CC(C(N)=O)CCN3S(C)(=O)=O)cc2)C1. The zero-order valence-electron chi connectivity index (χ0n) is 18.1. The quantitative estimate of drug-likeness (QED) is 0.699. The molecule has 2 aliphatic heterocycles. The average molecular weight is 496 g/mol. The molecule has 0 aliphatic carbocycles. The Morgan fingerprint density at radius 1 is 1.12 bits per heavy atom. The van der Waals surface area contributed by atoms with Crippen molar-refractivity contribution in [3.05, 3.63) is 68.7 Å². The number of nitrogens with zero attached hydrogens (tertiary/aromatic N) is 2. The second kappa shape index (κ2) is 8.95. The van der Waals surface area contributed by atoms with Crippen LogP contribution in [0.15, 0.2) is 36.4 Å². The Morgan fingerprint density at radius 2 is 1.78 bits per heavy atom. The standard InChI is InChI=1S/C23H27Cl2N3O3S/c1-27-12-19(18-10-17(24)11-21(25)20(18)13-27)14-3-5-15(6-4-14)22-9-16(23(26)29)7-8-28(22)32(2,30)31/h3-6,10-11,16,19,22H,7-9,12-13H2,1-2H3,(H2,26,29). The molecule has 0 aromatic heterocycles. The smallest absolute Gasteiger partial charge is 0.220 e. The number of likely N-dealkylation sites (N-methyl/N-ethyl adjacent to an activating group) is 1. The van der Waals surface area contributed by atoms with Gasteiger partial charge >= 0.3 is 0 Å². The summed E-state index contributed by atoms with van der Waals surface area (Å²) in [5, 5.41) is 1.28. The molecule has 0 saturated carbocycles. The molecule has 0 radical (unpaired) electrons. The van der Waals surface area contributed by atoms with Gasteiger partial charge in [-0.25, -0.2) is 8.42 Å². The molecule has 3 unspecified atom stereocenters. The van der Waals surface area contributed by atoms with E-state index in [1.807, 2.05) is 30.3 Å². The Bertz CT molecular complexity index is 1140.